The van der Waals surface area contributed by atoms with Gasteiger partial charge in [-0.05, 0) is 42.5 Å². The zero-order chi connectivity index (χ0) is 18.7. The van der Waals surface area contributed by atoms with Crippen molar-refractivity contribution in [3.05, 3.63) is 54.0 Å². The van der Waals surface area contributed by atoms with E-state index in [9.17, 15) is 13.2 Å². The van der Waals surface area contributed by atoms with Crippen molar-refractivity contribution in [2.24, 2.45) is 0 Å². The second-order valence-electron chi connectivity index (χ2n) is 6.92. The van der Waals surface area contributed by atoms with Gasteiger partial charge >= 0.3 is 0 Å². The van der Waals surface area contributed by atoms with Gasteiger partial charge in [0.05, 0.1) is 16.7 Å². The van der Waals surface area contributed by atoms with E-state index < -0.39 is 10.0 Å². The lowest BCUT2D eigenvalue weighted by Gasteiger charge is -2.32. The van der Waals surface area contributed by atoms with E-state index in [0.717, 1.165) is 5.56 Å². The van der Waals surface area contributed by atoms with Crippen molar-refractivity contribution in [3.8, 4) is 0 Å². The Bertz CT molecular complexity index is 834. The number of likely N-dealkylation sites (tertiary alicyclic amines) is 1. The van der Waals surface area contributed by atoms with Crippen LogP contribution in [0.3, 0.4) is 0 Å². The summed E-state index contributed by atoms with van der Waals surface area (Å²) in [6.07, 6.45) is 4.08. The highest BCUT2D eigenvalue weighted by Crippen LogP contribution is 2.20. The van der Waals surface area contributed by atoms with Crippen LogP contribution < -0.4 is 4.72 Å². The lowest BCUT2D eigenvalue weighted by Crippen LogP contribution is -2.46. The molecule has 140 valence electrons. The highest BCUT2D eigenvalue weighted by atomic mass is 32.2. The summed E-state index contributed by atoms with van der Waals surface area (Å²) < 4.78 is 32.9. The van der Waals surface area contributed by atoms with Gasteiger partial charge in [-0.3, -0.25) is 4.79 Å². The summed E-state index contributed by atoms with van der Waals surface area (Å²) in [4.78, 5) is 14.3. The number of nitrogens with one attached hydrogen (secondary N) is 1. The minimum absolute atomic E-state index is 0.0793. The highest BCUT2D eigenvalue weighted by molar-refractivity contribution is 7.89. The Morgan fingerprint density at radius 1 is 1.15 bits per heavy atom. The van der Waals surface area contributed by atoms with Crippen molar-refractivity contribution in [2.75, 3.05) is 13.1 Å². The average molecular weight is 376 g/mol. The summed E-state index contributed by atoms with van der Waals surface area (Å²) in [5, 5.41) is 0. The molecule has 1 N–H and O–H groups in total. The van der Waals surface area contributed by atoms with Crippen molar-refractivity contribution in [2.45, 2.75) is 43.5 Å². The summed E-state index contributed by atoms with van der Waals surface area (Å²) in [6.45, 7) is 5.17. The number of carbonyl (C=O) groups excluding carboxylic acids is 1. The first-order valence-electron chi connectivity index (χ1n) is 8.80. The highest BCUT2D eigenvalue weighted by Gasteiger charge is 2.27. The van der Waals surface area contributed by atoms with Crippen molar-refractivity contribution in [1.82, 2.24) is 9.62 Å². The number of carbonyl (C=O) groups is 1. The molecular weight excluding hydrogens is 352 g/mol. The summed E-state index contributed by atoms with van der Waals surface area (Å²) in [7, 11) is -3.55. The van der Waals surface area contributed by atoms with Crippen LogP contribution in [0, 0.1) is 0 Å². The molecule has 0 radical (unpaired) electrons. The monoisotopic (exact) mass is 376 g/mol. The van der Waals surface area contributed by atoms with Crippen molar-refractivity contribution < 1.29 is 17.6 Å². The molecule has 6 nitrogen and oxygen atoms in total. The number of amides is 1. The maximum absolute atomic E-state index is 12.6. The van der Waals surface area contributed by atoms with E-state index in [2.05, 4.69) is 18.6 Å². The fourth-order valence-electron chi connectivity index (χ4n) is 3.09. The molecule has 2 aromatic rings. The number of rotatable bonds is 5. The van der Waals surface area contributed by atoms with Crippen LogP contribution in [0.5, 0.6) is 0 Å². The van der Waals surface area contributed by atoms with Gasteiger partial charge in [-0.15, -0.1) is 0 Å². The standard InChI is InChI=1S/C19H24N2O4S/c1-14(2)15-3-5-18(6-4-15)26(23,24)20-17-7-10-21(11-8-17)19(22)16-9-12-25-13-16/h3-6,9,12-14,17,20H,7-8,10-11H2,1-2H3. The van der Waals surface area contributed by atoms with Crippen LogP contribution in [0.2, 0.25) is 0 Å². The maximum atomic E-state index is 12.6. The van der Waals surface area contributed by atoms with E-state index in [1.54, 1.807) is 23.1 Å². The Morgan fingerprint density at radius 2 is 1.81 bits per heavy atom. The van der Waals surface area contributed by atoms with Gasteiger partial charge in [0.25, 0.3) is 5.91 Å². The number of nitrogens with zero attached hydrogens (tertiary/aromatic N) is 1. The topological polar surface area (TPSA) is 79.6 Å². The maximum Gasteiger partial charge on any atom is 0.257 e. The summed E-state index contributed by atoms with van der Waals surface area (Å²) >= 11 is 0. The Balaban J connectivity index is 1.59. The van der Waals surface area contributed by atoms with Crippen LogP contribution >= 0.6 is 0 Å². The molecule has 1 amide bonds. The van der Waals surface area contributed by atoms with Gasteiger partial charge in [0.15, 0.2) is 0 Å². The molecule has 1 aliphatic heterocycles. The van der Waals surface area contributed by atoms with Crippen molar-refractivity contribution >= 4 is 15.9 Å². The molecule has 0 saturated carbocycles. The van der Waals surface area contributed by atoms with Crippen molar-refractivity contribution in [1.29, 1.82) is 0 Å². The molecular formula is C19H24N2O4S. The number of benzene rings is 1. The third-order valence-electron chi connectivity index (χ3n) is 4.73. The zero-order valence-corrected chi connectivity index (χ0v) is 15.8. The third kappa shape index (κ3) is 4.16. The van der Waals surface area contributed by atoms with Gasteiger partial charge in [-0.2, -0.15) is 0 Å². The fourth-order valence-corrected chi connectivity index (χ4v) is 4.39. The number of sulfonamides is 1. The predicted octanol–water partition coefficient (Wildman–Crippen LogP) is 2.99. The van der Waals surface area contributed by atoms with Crippen LogP contribution in [0.25, 0.3) is 0 Å². The van der Waals surface area contributed by atoms with Crippen LogP contribution in [-0.4, -0.2) is 38.4 Å². The Kier molecular flexibility index (Phi) is 5.48. The smallest absolute Gasteiger partial charge is 0.257 e. The quantitative estimate of drug-likeness (QED) is 0.870. The van der Waals surface area contributed by atoms with Gasteiger partial charge in [0.1, 0.15) is 6.26 Å². The molecule has 0 aliphatic carbocycles. The second-order valence-corrected chi connectivity index (χ2v) is 8.64. The molecule has 7 heteroatoms. The first-order valence-corrected chi connectivity index (χ1v) is 10.3. The molecule has 1 aliphatic rings. The minimum Gasteiger partial charge on any atom is -0.472 e. The van der Waals surface area contributed by atoms with E-state index in [-0.39, 0.29) is 16.8 Å². The Hall–Kier alpha value is -2.12. The number of furan rings is 1. The van der Waals surface area contributed by atoms with E-state index >= 15 is 0 Å². The minimum atomic E-state index is -3.55. The Morgan fingerprint density at radius 3 is 2.35 bits per heavy atom. The van der Waals surface area contributed by atoms with Gasteiger partial charge in [0, 0.05) is 19.1 Å². The number of piperidine rings is 1. The van der Waals surface area contributed by atoms with E-state index in [1.165, 1.54) is 12.5 Å². The van der Waals surface area contributed by atoms with Crippen molar-refractivity contribution in [3.63, 3.8) is 0 Å². The van der Waals surface area contributed by atoms with E-state index in [4.69, 9.17) is 4.42 Å². The third-order valence-corrected chi connectivity index (χ3v) is 6.27. The summed E-state index contributed by atoms with van der Waals surface area (Å²) in [5.41, 5.74) is 1.63. The largest absolute Gasteiger partial charge is 0.472 e. The Labute approximate surface area is 154 Å². The molecule has 1 saturated heterocycles. The van der Waals surface area contributed by atoms with Crippen LogP contribution in [-0.2, 0) is 10.0 Å². The molecule has 3 rings (SSSR count). The fraction of sp³-hybridized carbons (Fsp3) is 0.421. The zero-order valence-electron chi connectivity index (χ0n) is 15.0. The summed E-state index contributed by atoms with van der Waals surface area (Å²) in [5.74, 6) is 0.279. The molecule has 0 bridgehead atoms. The predicted molar refractivity (Wildman–Crippen MR) is 98.5 cm³/mol. The molecule has 2 heterocycles. The van der Waals surface area contributed by atoms with Gasteiger partial charge < -0.3 is 9.32 Å². The average Bonchev–Trinajstić information content (AvgIpc) is 3.16. The lowest BCUT2D eigenvalue weighted by molar-refractivity contribution is 0.0710. The second kappa shape index (κ2) is 7.63. The van der Waals surface area contributed by atoms with Crippen LogP contribution in [0.4, 0.5) is 0 Å². The van der Waals surface area contributed by atoms with Crippen LogP contribution in [0.15, 0.2) is 52.2 Å². The molecule has 26 heavy (non-hydrogen) atoms. The molecule has 1 aromatic carbocycles. The summed E-state index contributed by atoms with van der Waals surface area (Å²) in [6, 6.07) is 8.47. The normalized spacial score (nSPS) is 16.2. The lowest BCUT2D eigenvalue weighted by atomic mass is 10.0. The number of hydrogen-bond donors (Lipinski definition) is 1. The molecule has 1 fully saturated rings. The number of hydrogen-bond acceptors (Lipinski definition) is 4. The van der Waals surface area contributed by atoms with E-state index in [1.807, 2.05) is 12.1 Å². The first-order chi connectivity index (χ1) is 12.4. The van der Waals surface area contributed by atoms with Gasteiger partial charge in [-0.1, -0.05) is 26.0 Å². The molecule has 1 aromatic heterocycles. The first kappa shape index (κ1) is 18.7. The van der Waals surface area contributed by atoms with Crippen LogP contribution in [0.1, 0.15) is 48.5 Å². The SMILES string of the molecule is CC(C)c1ccc(S(=O)(=O)NC2CCN(C(=O)c3ccoc3)CC2)cc1. The van der Waals surface area contributed by atoms with Gasteiger partial charge in [-0.25, -0.2) is 13.1 Å². The molecule has 0 spiro atoms. The van der Waals surface area contributed by atoms with E-state index in [0.29, 0.717) is 37.4 Å². The molecule has 0 atom stereocenters. The molecule has 0 unspecified atom stereocenters. The van der Waals surface area contributed by atoms with Gasteiger partial charge in [0.2, 0.25) is 10.0 Å².